The van der Waals surface area contributed by atoms with Crippen LogP contribution in [0.3, 0.4) is 0 Å². The Morgan fingerprint density at radius 1 is 1.50 bits per heavy atom. The average Bonchev–Trinajstić information content (AvgIpc) is 2.68. The van der Waals surface area contributed by atoms with Crippen molar-refractivity contribution >= 4 is 16.9 Å². The molecule has 2 aromatic heterocycles. The summed E-state index contributed by atoms with van der Waals surface area (Å²) in [6, 6.07) is 4.06. The first-order valence-electron chi connectivity index (χ1n) is 5.08. The van der Waals surface area contributed by atoms with Crippen LogP contribution in [0.5, 0.6) is 0 Å². The van der Waals surface area contributed by atoms with Crippen LogP contribution >= 0.6 is 0 Å². The maximum Gasteiger partial charge on any atom is 0.156 e. The molecule has 0 aliphatic heterocycles. The predicted molar refractivity (Wildman–Crippen MR) is 62.0 cm³/mol. The van der Waals surface area contributed by atoms with Crippen molar-refractivity contribution in [1.82, 2.24) is 14.5 Å². The summed E-state index contributed by atoms with van der Waals surface area (Å²) in [7, 11) is 3.88. The van der Waals surface area contributed by atoms with E-state index in [9.17, 15) is 0 Å². The van der Waals surface area contributed by atoms with Gasteiger partial charge in [0.2, 0.25) is 0 Å². The van der Waals surface area contributed by atoms with Gasteiger partial charge in [0, 0.05) is 26.8 Å². The Hall–Kier alpha value is -2.09. The van der Waals surface area contributed by atoms with E-state index in [2.05, 4.69) is 16.0 Å². The number of imidazole rings is 1. The number of anilines is 1. The first-order chi connectivity index (χ1) is 7.74. The van der Waals surface area contributed by atoms with E-state index in [0.717, 1.165) is 16.9 Å². The smallest absolute Gasteiger partial charge is 0.156 e. The number of pyridine rings is 1. The van der Waals surface area contributed by atoms with Crippen LogP contribution in [0.4, 0.5) is 5.82 Å². The molecule has 5 heteroatoms. The summed E-state index contributed by atoms with van der Waals surface area (Å²) in [4.78, 5) is 10.6. The summed E-state index contributed by atoms with van der Waals surface area (Å²) < 4.78 is 1.96. The number of aromatic nitrogens is 3. The van der Waals surface area contributed by atoms with Gasteiger partial charge in [0.05, 0.1) is 24.3 Å². The highest BCUT2D eigenvalue weighted by Gasteiger charge is 2.10. The zero-order chi connectivity index (χ0) is 11.5. The molecule has 0 spiro atoms. The molecular formula is C11H13N5. The molecule has 0 fully saturated rings. The molecule has 0 unspecified atom stereocenters. The Morgan fingerprint density at radius 3 is 3.06 bits per heavy atom. The van der Waals surface area contributed by atoms with Crippen LogP contribution in [0, 0.1) is 11.3 Å². The van der Waals surface area contributed by atoms with Crippen molar-refractivity contribution in [2.45, 2.75) is 6.42 Å². The molecule has 0 amide bonds. The Labute approximate surface area is 93.9 Å². The zero-order valence-electron chi connectivity index (χ0n) is 9.38. The number of nitriles is 1. The quantitative estimate of drug-likeness (QED) is 0.774. The van der Waals surface area contributed by atoms with E-state index in [1.165, 1.54) is 0 Å². The second kappa shape index (κ2) is 4.19. The lowest BCUT2D eigenvalue weighted by Gasteiger charge is -2.16. The van der Waals surface area contributed by atoms with Crippen molar-refractivity contribution in [2.75, 3.05) is 18.5 Å². The summed E-state index contributed by atoms with van der Waals surface area (Å²) in [5, 5.41) is 8.56. The molecular weight excluding hydrogens is 202 g/mol. The van der Waals surface area contributed by atoms with E-state index >= 15 is 0 Å². The van der Waals surface area contributed by atoms with Gasteiger partial charge in [0.25, 0.3) is 0 Å². The van der Waals surface area contributed by atoms with Crippen molar-refractivity contribution in [3.05, 3.63) is 18.6 Å². The molecule has 0 atom stereocenters. The van der Waals surface area contributed by atoms with E-state index in [4.69, 9.17) is 5.26 Å². The second-order valence-corrected chi connectivity index (χ2v) is 3.69. The fourth-order valence-corrected chi connectivity index (χ4v) is 1.65. The van der Waals surface area contributed by atoms with Crippen molar-refractivity contribution in [3.63, 3.8) is 0 Å². The highest BCUT2D eigenvalue weighted by Crippen LogP contribution is 2.21. The first-order valence-corrected chi connectivity index (χ1v) is 5.08. The highest BCUT2D eigenvalue weighted by molar-refractivity contribution is 5.86. The van der Waals surface area contributed by atoms with E-state index < -0.39 is 0 Å². The Kier molecular flexibility index (Phi) is 2.73. The number of nitrogens with zero attached hydrogens (tertiary/aromatic N) is 5. The largest absolute Gasteiger partial charge is 0.357 e. The molecule has 0 aromatic carbocycles. The maximum absolute atomic E-state index is 8.56. The van der Waals surface area contributed by atoms with Crippen LogP contribution < -0.4 is 4.90 Å². The maximum atomic E-state index is 8.56. The number of aryl methyl sites for hydroxylation is 1. The third kappa shape index (κ3) is 1.70. The van der Waals surface area contributed by atoms with Crippen LogP contribution in [0.25, 0.3) is 11.0 Å². The molecule has 0 aliphatic carbocycles. The highest BCUT2D eigenvalue weighted by atomic mass is 15.2. The fraction of sp³-hybridized carbons (Fsp3) is 0.364. The predicted octanol–water partition coefficient (Wildman–Crippen LogP) is 1.32. The summed E-state index contributed by atoms with van der Waals surface area (Å²) in [6.07, 6.45) is 4.03. The van der Waals surface area contributed by atoms with Gasteiger partial charge in [-0.3, -0.25) is 0 Å². The van der Waals surface area contributed by atoms with Gasteiger partial charge in [0.15, 0.2) is 5.82 Å². The molecule has 2 aromatic rings. The van der Waals surface area contributed by atoms with Gasteiger partial charge in [-0.1, -0.05) is 0 Å². The molecule has 0 saturated carbocycles. The van der Waals surface area contributed by atoms with Crippen molar-refractivity contribution in [2.24, 2.45) is 7.05 Å². The Balaban J connectivity index is 2.41. The third-order valence-electron chi connectivity index (χ3n) is 2.54. The van der Waals surface area contributed by atoms with Crippen LogP contribution in [0.1, 0.15) is 6.42 Å². The van der Waals surface area contributed by atoms with Crippen LogP contribution in [-0.2, 0) is 7.05 Å². The Morgan fingerprint density at radius 2 is 2.31 bits per heavy atom. The molecule has 5 nitrogen and oxygen atoms in total. The summed E-state index contributed by atoms with van der Waals surface area (Å²) in [6.45, 7) is 0.666. The van der Waals surface area contributed by atoms with Gasteiger partial charge < -0.3 is 9.47 Å². The van der Waals surface area contributed by atoms with E-state index in [1.54, 1.807) is 12.5 Å². The molecule has 16 heavy (non-hydrogen) atoms. The second-order valence-electron chi connectivity index (χ2n) is 3.69. The van der Waals surface area contributed by atoms with E-state index in [0.29, 0.717) is 13.0 Å². The zero-order valence-corrected chi connectivity index (χ0v) is 9.38. The third-order valence-corrected chi connectivity index (χ3v) is 2.54. The minimum atomic E-state index is 0.488. The average molecular weight is 215 g/mol. The fourth-order valence-electron chi connectivity index (χ4n) is 1.65. The standard InChI is InChI=1S/C11H13N5/c1-15(7-3-5-12)11-10-9(4-6-13-11)16(2)8-14-10/h4,6,8H,3,7H2,1-2H3. The molecule has 0 saturated heterocycles. The summed E-state index contributed by atoms with van der Waals surface area (Å²) >= 11 is 0. The lowest BCUT2D eigenvalue weighted by molar-refractivity contribution is 0.889. The van der Waals surface area contributed by atoms with Gasteiger partial charge in [0.1, 0.15) is 5.52 Å². The first kappa shape index (κ1) is 10.4. The topological polar surface area (TPSA) is 57.7 Å². The number of rotatable bonds is 3. The van der Waals surface area contributed by atoms with Crippen LogP contribution in [-0.4, -0.2) is 28.1 Å². The lowest BCUT2D eigenvalue weighted by atomic mass is 10.3. The molecule has 2 rings (SSSR count). The number of hydrogen-bond acceptors (Lipinski definition) is 4. The number of hydrogen-bond donors (Lipinski definition) is 0. The minimum absolute atomic E-state index is 0.488. The monoisotopic (exact) mass is 215 g/mol. The van der Waals surface area contributed by atoms with Crippen LogP contribution in [0.15, 0.2) is 18.6 Å². The Bertz CT molecular complexity index is 537. The molecule has 0 radical (unpaired) electrons. The molecule has 0 bridgehead atoms. The van der Waals surface area contributed by atoms with Crippen molar-refractivity contribution < 1.29 is 0 Å². The summed E-state index contributed by atoms with van der Waals surface area (Å²) in [5.74, 6) is 0.827. The van der Waals surface area contributed by atoms with E-state index in [1.807, 2.05) is 29.6 Å². The van der Waals surface area contributed by atoms with Gasteiger partial charge >= 0.3 is 0 Å². The van der Waals surface area contributed by atoms with Crippen LogP contribution in [0.2, 0.25) is 0 Å². The number of fused-ring (bicyclic) bond motifs is 1. The van der Waals surface area contributed by atoms with Crippen molar-refractivity contribution in [1.29, 1.82) is 5.26 Å². The van der Waals surface area contributed by atoms with Gasteiger partial charge in [-0.05, 0) is 6.07 Å². The molecule has 0 N–H and O–H groups in total. The van der Waals surface area contributed by atoms with Crippen molar-refractivity contribution in [3.8, 4) is 6.07 Å². The normalized spacial score (nSPS) is 10.3. The molecule has 82 valence electrons. The SMILES string of the molecule is CN(CCC#N)c1nccc2c1ncn2C. The minimum Gasteiger partial charge on any atom is -0.357 e. The van der Waals surface area contributed by atoms with Gasteiger partial charge in [-0.15, -0.1) is 0 Å². The summed E-state index contributed by atoms with van der Waals surface area (Å²) in [5.41, 5.74) is 1.93. The van der Waals surface area contributed by atoms with Gasteiger partial charge in [-0.25, -0.2) is 9.97 Å². The molecule has 2 heterocycles. The van der Waals surface area contributed by atoms with E-state index in [-0.39, 0.29) is 0 Å². The lowest BCUT2D eigenvalue weighted by Crippen LogP contribution is -2.19. The molecule has 0 aliphatic rings. The van der Waals surface area contributed by atoms with Gasteiger partial charge in [-0.2, -0.15) is 5.26 Å².